The molecule has 1 aromatic rings. The Morgan fingerprint density at radius 3 is 2.25 bits per heavy atom. The maximum Gasteiger partial charge on any atom is 0.448 e. The minimum Gasteiger partial charge on any atom is -0.465 e. The molecule has 0 aliphatic carbocycles. The van der Waals surface area contributed by atoms with Gasteiger partial charge >= 0.3 is 17.9 Å². The van der Waals surface area contributed by atoms with Gasteiger partial charge in [0.05, 0.1) is 13.5 Å². The SMILES string of the molecule is COC(=O)[C@](O)(NC(=O)Cc1ccccc1)C(F)(F)F. The average molecular weight is 291 g/mol. The van der Waals surface area contributed by atoms with E-state index in [0.717, 1.165) is 0 Å². The van der Waals surface area contributed by atoms with E-state index in [1.54, 1.807) is 18.2 Å². The van der Waals surface area contributed by atoms with Crippen LogP contribution in [0.1, 0.15) is 5.56 Å². The summed E-state index contributed by atoms with van der Waals surface area (Å²) in [5.74, 6) is -3.17. The number of ether oxygens (including phenoxy) is 1. The van der Waals surface area contributed by atoms with Gasteiger partial charge in [-0.3, -0.25) is 4.79 Å². The second-order valence-electron chi connectivity index (χ2n) is 3.91. The van der Waals surface area contributed by atoms with Crippen LogP contribution in [0.2, 0.25) is 0 Å². The van der Waals surface area contributed by atoms with Crippen LogP contribution >= 0.6 is 0 Å². The van der Waals surface area contributed by atoms with E-state index in [2.05, 4.69) is 4.74 Å². The van der Waals surface area contributed by atoms with Gasteiger partial charge in [-0.1, -0.05) is 30.3 Å². The zero-order valence-corrected chi connectivity index (χ0v) is 10.4. The Morgan fingerprint density at radius 1 is 1.25 bits per heavy atom. The number of methoxy groups -OCH3 is 1. The molecular weight excluding hydrogens is 279 g/mol. The van der Waals surface area contributed by atoms with Crippen molar-refractivity contribution in [2.24, 2.45) is 0 Å². The lowest BCUT2D eigenvalue weighted by atomic mass is 10.1. The van der Waals surface area contributed by atoms with E-state index < -0.39 is 30.2 Å². The standard InChI is InChI=1S/C12H12F3NO4/c1-20-10(18)11(19,12(13,14)15)16-9(17)7-8-5-3-2-4-6-8/h2-6,19H,7H2,1H3,(H,16,17)/t11-/m1/s1. The van der Waals surface area contributed by atoms with Gasteiger partial charge in [-0.2, -0.15) is 13.2 Å². The van der Waals surface area contributed by atoms with Crippen LogP contribution < -0.4 is 5.32 Å². The highest BCUT2D eigenvalue weighted by atomic mass is 19.4. The van der Waals surface area contributed by atoms with E-state index in [0.29, 0.717) is 12.7 Å². The molecule has 8 heteroatoms. The fourth-order valence-corrected chi connectivity index (χ4v) is 1.41. The topological polar surface area (TPSA) is 75.6 Å². The van der Waals surface area contributed by atoms with E-state index >= 15 is 0 Å². The normalized spacial score (nSPS) is 14.2. The van der Waals surface area contributed by atoms with E-state index in [4.69, 9.17) is 0 Å². The molecule has 0 saturated heterocycles. The fraction of sp³-hybridized carbons (Fsp3) is 0.333. The van der Waals surface area contributed by atoms with Gasteiger partial charge < -0.3 is 15.2 Å². The summed E-state index contributed by atoms with van der Waals surface area (Å²) in [6.45, 7) is 0. The summed E-state index contributed by atoms with van der Waals surface area (Å²) in [5.41, 5.74) is -3.63. The summed E-state index contributed by atoms with van der Waals surface area (Å²) in [4.78, 5) is 22.6. The predicted octanol–water partition coefficient (Wildman–Crippen LogP) is 0.769. The lowest BCUT2D eigenvalue weighted by molar-refractivity contribution is -0.270. The molecule has 1 atom stereocenters. The molecule has 1 aromatic carbocycles. The number of hydrogen-bond donors (Lipinski definition) is 2. The maximum atomic E-state index is 12.7. The summed E-state index contributed by atoms with van der Waals surface area (Å²) < 4.78 is 41.9. The van der Waals surface area contributed by atoms with Crippen molar-refractivity contribution in [2.45, 2.75) is 18.3 Å². The van der Waals surface area contributed by atoms with Crippen molar-refractivity contribution in [3.63, 3.8) is 0 Å². The molecule has 0 heterocycles. The summed E-state index contributed by atoms with van der Waals surface area (Å²) in [6, 6.07) is 7.90. The summed E-state index contributed by atoms with van der Waals surface area (Å²) >= 11 is 0. The van der Waals surface area contributed by atoms with Crippen LogP contribution in [0.5, 0.6) is 0 Å². The number of aliphatic hydroxyl groups is 1. The quantitative estimate of drug-likeness (QED) is 0.634. The molecule has 0 aliphatic heterocycles. The van der Waals surface area contributed by atoms with E-state index in [1.807, 2.05) is 0 Å². The number of hydrogen-bond acceptors (Lipinski definition) is 4. The third-order valence-corrected chi connectivity index (χ3v) is 2.42. The van der Waals surface area contributed by atoms with Gasteiger partial charge in [0.25, 0.3) is 0 Å². The number of esters is 1. The van der Waals surface area contributed by atoms with Crippen molar-refractivity contribution in [3.05, 3.63) is 35.9 Å². The van der Waals surface area contributed by atoms with Crippen molar-refractivity contribution in [1.29, 1.82) is 0 Å². The number of carbonyl (C=O) groups excluding carboxylic acids is 2. The smallest absolute Gasteiger partial charge is 0.448 e. The molecule has 0 spiro atoms. The highest BCUT2D eigenvalue weighted by Crippen LogP contribution is 2.29. The Morgan fingerprint density at radius 2 is 1.80 bits per heavy atom. The van der Waals surface area contributed by atoms with Gasteiger partial charge in [-0.25, -0.2) is 4.79 Å². The van der Waals surface area contributed by atoms with Crippen molar-refractivity contribution in [1.82, 2.24) is 5.32 Å². The van der Waals surface area contributed by atoms with Gasteiger partial charge in [0, 0.05) is 0 Å². The molecule has 20 heavy (non-hydrogen) atoms. The Bertz CT molecular complexity index is 489. The van der Waals surface area contributed by atoms with Crippen LogP contribution in [0.4, 0.5) is 13.2 Å². The molecule has 110 valence electrons. The number of rotatable bonds is 4. The monoisotopic (exact) mass is 291 g/mol. The number of halogens is 3. The molecule has 0 fully saturated rings. The van der Waals surface area contributed by atoms with E-state index in [-0.39, 0.29) is 0 Å². The van der Waals surface area contributed by atoms with Crippen molar-refractivity contribution in [3.8, 4) is 0 Å². The molecule has 0 aliphatic rings. The molecule has 1 rings (SSSR count). The van der Waals surface area contributed by atoms with Crippen LogP contribution in [0.15, 0.2) is 30.3 Å². The van der Waals surface area contributed by atoms with Crippen LogP contribution in [0, 0.1) is 0 Å². The highest BCUT2D eigenvalue weighted by molar-refractivity contribution is 5.88. The largest absolute Gasteiger partial charge is 0.465 e. The van der Waals surface area contributed by atoms with E-state index in [1.165, 1.54) is 17.4 Å². The number of nitrogens with one attached hydrogen (secondary N) is 1. The maximum absolute atomic E-state index is 12.7. The zero-order valence-electron chi connectivity index (χ0n) is 10.4. The van der Waals surface area contributed by atoms with Crippen LogP contribution in [-0.4, -0.2) is 36.0 Å². The van der Waals surface area contributed by atoms with Gasteiger partial charge in [0.15, 0.2) is 0 Å². The number of amides is 1. The van der Waals surface area contributed by atoms with Crippen molar-refractivity contribution >= 4 is 11.9 Å². The molecule has 0 bridgehead atoms. The molecule has 1 amide bonds. The second kappa shape index (κ2) is 5.91. The summed E-state index contributed by atoms with van der Waals surface area (Å²) in [5, 5.41) is 10.6. The van der Waals surface area contributed by atoms with E-state index in [9.17, 15) is 27.9 Å². The van der Waals surface area contributed by atoms with Gasteiger partial charge in [0.2, 0.25) is 5.91 Å². The summed E-state index contributed by atoms with van der Waals surface area (Å²) in [6.07, 6.45) is -5.82. The Hall–Kier alpha value is -2.09. The second-order valence-corrected chi connectivity index (χ2v) is 3.91. The molecule has 5 nitrogen and oxygen atoms in total. The Labute approximate surface area is 112 Å². The molecule has 0 radical (unpaired) electrons. The number of carbonyl (C=O) groups is 2. The minimum absolute atomic E-state index is 0.420. The first-order valence-electron chi connectivity index (χ1n) is 5.43. The molecule has 0 unspecified atom stereocenters. The molecule has 0 aromatic heterocycles. The molecule has 0 saturated carbocycles. The summed E-state index contributed by atoms with van der Waals surface area (Å²) in [7, 11) is 0.669. The van der Waals surface area contributed by atoms with Gasteiger partial charge in [0.1, 0.15) is 0 Å². The number of benzene rings is 1. The molecular formula is C12H12F3NO4. The molecule has 2 N–H and O–H groups in total. The third kappa shape index (κ3) is 3.47. The number of alkyl halides is 3. The Balaban J connectivity index is 2.86. The first-order chi connectivity index (χ1) is 9.20. The first-order valence-corrected chi connectivity index (χ1v) is 5.43. The lowest BCUT2D eigenvalue weighted by Crippen LogP contribution is -2.64. The average Bonchev–Trinajstić information content (AvgIpc) is 2.37. The van der Waals surface area contributed by atoms with Gasteiger partial charge in [-0.05, 0) is 5.56 Å². The van der Waals surface area contributed by atoms with Crippen LogP contribution in [-0.2, 0) is 20.7 Å². The third-order valence-electron chi connectivity index (χ3n) is 2.42. The highest BCUT2D eigenvalue weighted by Gasteiger charge is 2.62. The van der Waals surface area contributed by atoms with Crippen LogP contribution in [0.25, 0.3) is 0 Å². The first kappa shape index (κ1) is 16.0. The van der Waals surface area contributed by atoms with Crippen molar-refractivity contribution < 1.29 is 32.6 Å². The Kier molecular flexibility index (Phi) is 4.72. The fourth-order valence-electron chi connectivity index (χ4n) is 1.41. The zero-order chi connectivity index (χ0) is 15.4. The predicted molar refractivity (Wildman–Crippen MR) is 61.3 cm³/mol. The van der Waals surface area contributed by atoms with Crippen LogP contribution in [0.3, 0.4) is 0 Å². The lowest BCUT2D eigenvalue weighted by Gasteiger charge is -2.28. The van der Waals surface area contributed by atoms with Crippen molar-refractivity contribution in [2.75, 3.05) is 7.11 Å². The van der Waals surface area contributed by atoms with Gasteiger partial charge in [-0.15, -0.1) is 0 Å². The minimum atomic E-state index is -5.40.